The zero-order valence-corrected chi connectivity index (χ0v) is 28.1. The number of hydrogen-bond acceptors (Lipinski definition) is 5. The molecule has 1 aliphatic heterocycles. The fourth-order valence-electron chi connectivity index (χ4n) is 8.40. The molecule has 2 amide bonds. The number of piperidine rings is 1. The number of fused-ring (bicyclic) bond motifs is 4. The second-order valence-corrected chi connectivity index (χ2v) is 13.8. The van der Waals surface area contributed by atoms with E-state index in [-0.39, 0.29) is 36.3 Å². The van der Waals surface area contributed by atoms with Gasteiger partial charge in [0.1, 0.15) is 12.4 Å². The third-order valence-corrected chi connectivity index (χ3v) is 10.8. The van der Waals surface area contributed by atoms with Gasteiger partial charge < -0.3 is 24.3 Å². The van der Waals surface area contributed by atoms with Crippen LogP contribution < -0.4 is 5.32 Å². The van der Waals surface area contributed by atoms with E-state index < -0.39 is 6.09 Å². The second-order valence-electron chi connectivity index (χ2n) is 13.8. The highest BCUT2D eigenvalue weighted by atomic mass is 16.5. The molecule has 1 saturated carbocycles. The van der Waals surface area contributed by atoms with Crippen LogP contribution in [0.25, 0.3) is 22.2 Å². The SMILES string of the molecule is COCCCn1c([C@@H]2CCCN(C(=O)CC(NC(=O)OCC3c4ccccc4-c4ccccc43)C3CCCCC3)C2)nc2ccccc21. The van der Waals surface area contributed by atoms with Gasteiger partial charge in [-0.25, -0.2) is 9.78 Å². The maximum absolute atomic E-state index is 14.0. The summed E-state index contributed by atoms with van der Waals surface area (Å²) in [6.07, 6.45) is 8.23. The molecule has 0 spiro atoms. The number of alkyl carbamates (subject to hydrolysis) is 1. The lowest BCUT2D eigenvalue weighted by molar-refractivity contribution is -0.133. The number of ether oxygens (including phenoxy) is 2. The van der Waals surface area contributed by atoms with Gasteiger partial charge in [-0.2, -0.15) is 0 Å². The van der Waals surface area contributed by atoms with Crippen LogP contribution >= 0.6 is 0 Å². The number of aryl methyl sites for hydroxylation is 1. The van der Waals surface area contributed by atoms with Gasteiger partial charge in [0.05, 0.1) is 11.0 Å². The monoisotopic (exact) mass is 648 g/mol. The van der Waals surface area contributed by atoms with E-state index in [1.54, 1.807) is 7.11 Å². The summed E-state index contributed by atoms with van der Waals surface area (Å²) in [4.78, 5) is 34.5. The number of benzene rings is 3. The predicted molar refractivity (Wildman–Crippen MR) is 188 cm³/mol. The number of para-hydroxylation sites is 2. The highest BCUT2D eigenvalue weighted by Crippen LogP contribution is 2.44. The van der Waals surface area contributed by atoms with Crippen molar-refractivity contribution in [2.24, 2.45) is 5.92 Å². The summed E-state index contributed by atoms with van der Waals surface area (Å²) < 4.78 is 13.6. The first-order valence-electron chi connectivity index (χ1n) is 17.9. The smallest absolute Gasteiger partial charge is 0.407 e. The van der Waals surface area contributed by atoms with Crippen molar-refractivity contribution in [1.29, 1.82) is 0 Å². The number of carbonyl (C=O) groups is 2. The summed E-state index contributed by atoms with van der Waals surface area (Å²) in [6, 6.07) is 24.8. The number of imidazole rings is 1. The van der Waals surface area contributed by atoms with E-state index in [9.17, 15) is 9.59 Å². The van der Waals surface area contributed by atoms with E-state index >= 15 is 0 Å². The highest BCUT2D eigenvalue weighted by Gasteiger charge is 2.34. The maximum Gasteiger partial charge on any atom is 0.407 e. The molecule has 2 atom stereocenters. The van der Waals surface area contributed by atoms with Crippen molar-refractivity contribution in [3.63, 3.8) is 0 Å². The van der Waals surface area contributed by atoms with Crippen LogP contribution in [-0.2, 0) is 20.8 Å². The Hall–Kier alpha value is -4.17. The molecule has 48 heavy (non-hydrogen) atoms. The largest absolute Gasteiger partial charge is 0.449 e. The van der Waals surface area contributed by atoms with E-state index in [0.29, 0.717) is 19.6 Å². The molecule has 0 bridgehead atoms. The van der Waals surface area contributed by atoms with Crippen molar-refractivity contribution >= 4 is 23.0 Å². The highest BCUT2D eigenvalue weighted by molar-refractivity contribution is 5.80. The van der Waals surface area contributed by atoms with Crippen LogP contribution in [0.2, 0.25) is 0 Å². The van der Waals surface area contributed by atoms with Crippen LogP contribution in [0, 0.1) is 5.92 Å². The quantitative estimate of drug-likeness (QED) is 0.169. The van der Waals surface area contributed by atoms with E-state index in [1.165, 1.54) is 28.7 Å². The molecule has 1 unspecified atom stereocenters. The van der Waals surface area contributed by atoms with E-state index in [1.807, 2.05) is 23.1 Å². The van der Waals surface area contributed by atoms with Crippen LogP contribution in [-0.4, -0.2) is 65.9 Å². The molecule has 1 N–H and O–H groups in total. The molecule has 1 aromatic heterocycles. The van der Waals surface area contributed by atoms with Gasteiger partial charge in [0, 0.05) is 57.6 Å². The first-order chi connectivity index (χ1) is 23.6. The lowest BCUT2D eigenvalue weighted by Crippen LogP contribution is -2.47. The standard InChI is InChI=1S/C40H48N4O4/c1-47-24-12-23-44-37-21-10-9-20-35(37)41-39(44)29-15-11-22-43(26-29)38(45)25-36(28-13-3-2-4-14-28)42-40(46)48-27-34-32-18-7-5-16-30(32)31-17-6-8-19-33(31)34/h5-10,16-21,28-29,34,36H,2-4,11-15,22-27H2,1H3,(H,42,46)/t29-,36?/m1/s1. The molecule has 7 rings (SSSR count). The van der Waals surface area contributed by atoms with Crippen molar-refractivity contribution in [2.45, 2.75) is 82.2 Å². The molecule has 3 aliphatic rings. The number of carbonyl (C=O) groups excluding carboxylic acids is 2. The molecule has 3 aromatic carbocycles. The van der Waals surface area contributed by atoms with E-state index in [4.69, 9.17) is 14.5 Å². The third kappa shape index (κ3) is 6.86. The minimum absolute atomic E-state index is 0.00176. The van der Waals surface area contributed by atoms with Crippen LogP contribution in [0.15, 0.2) is 72.8 Å². The van der Waals surface area contributed by atoms with Crippen molar-refractivity contribution in [3.05, 3.63) is 89.7 Å². The lowest BCUT2D eigenvalue weighted by Gasteiger charge is -2.35. The first-order valence-corrected chi connectivity index (χ1v) is 17.9. The Morgan fingerprint density at radius 1 is 0.896 bits per heavy atom. The maximum atomic E-state index is 14.0. The van der Waals surface area contributed by atoms with Gasteiger partial charge in [-0.15, -0.1) is 0 Å². The van der Waals surface area contributed by atoms with Gasteiger partial charge in [-0.05, 0) is 72.4 Å². The first kappa shape index (κ1) is 32.4. The number of methoxy groups -OCH3 is 1. The zero-order chi connectivity index (χ0) is 32.9. The Morgan fingerprint density at radius 3 is 2.35 bits per heavy atom. The number of hydrogen-bond donors (Lipinski definition) is 1. The number of amides is 2. The zero-order valence-electron chi connectivity index (χ0n) is 28.1. The van der Waals surface area contributed by atoms with Gasteiger partial charge in [-0.1, -0.05) is 79.9 Å². The number of nitrogens with zero attached hydrogens (tertiary/aromatic N) is 3. The molecule has 0 radical (unpaired) electrons. The van der Waals surface area contributed by atoms with Crippen LogP contribution in [0.4, 0.5) is 4.79 Å². The van der Waals surface area contributed by atoms with Crippen molar-refractivity contribution in [2.75, 3.05) is 33.4 Å². The molecule has 252 valence electrons. The summed E-state index contributed by atoms with van der Waals surface area (Å²) in [6.45, 7) is 3.18. The normalized spacial score (nSPS) is 18.8. The molecule has 2 fully saturated rings. The molecule has 2 heterocycles. The molecule has 2 aliphatic carbocycles. The lowest BCUT2D eigenvalue weighted by atomic mass is 9.82. The van der Waals surface area contributed by atoms with Crippen LogP contribution in [0.1, 0.15) is 86.6 Å². The minimum atomic E-state index is -0.429. The summed E-state index contributed by atoms with van der Waals surface area (Å²) in [5.74, 6) is 1.61. The number of aromatic nitrogens is 2. The third-order valence-electron chi connectivity index (χ3n) is 10.8. The average Bonchev–Trinajstić information content (AvgIpc) is 3.66. The summed E-state index contributed by atoms with van der Waals surface area (Å²) in [5.41, 5.74) is 6.93. The predicted octanol–water partition coefficient (Wildman–Crippen LogP) is 7.66. The molecule has 8 nitrogen and oxygen atoms in total. The Balaban J connectivity index is 1.02. The summed E-state index contributed by atoms with van der Waals surface area (Å²) >= 11 is 0. The van der Waals surface area contributed by atoms with Gasteiger partial charge in [0.25, 0.3) is 0 Å². The Bertz CT molecular complexity index is 1680. The van der Waals surface area contributed by atoms with Gasteiger partial charge in [0.15, 0.2) is 0 Å². The van der Waals surface area contributed by atoms with Crippen molar-refractivity contribution in [3.8, 4) is 11.1 Å². The average molecular weight is 649 g/mol. The Kier molecular flexibility index (Phi) is 10.1. The van der Waals surface area contributed by atoms with E-state index in [0.717, 1.165) is 74.9 Å². The molecule has 4 aromatic rings. The van der Waals surface area contributed by atoms with Gasteiger partial charge in [-0.3, -0.25) is 4.79 Å². The minimum Gasteiger partial charge on any atom is -0.449 e. The van der Waals surface area contributed by atoms with Gasteiger partial charge >= 0.3 is 6.09 Å². The van der Waals surface area contributed by atoms with Crippen LogP contribution in [0.3, 0.4) is 0 Å². The van der Waals surface area contributed by atoms with Crippen molar-refractivity contribution in [1.82, 2.24) is 19.8 Å². The number of nitrogens with one attached hydrogen (secondary N) is 1. The topological polar surface area (TPSA) is 85.7 Å². The number of likely N-dealkylation sites (tertiary alicyclic amines) is 1. The molecule has 8 heteroatoms. The molecule has 1 saturated heterocycles. The van der Waals surface area contributed by atoms with E-state index in [2.05, 4.69) is 64.5 Å². The number of rotatable bonds is 11. The summed E-state index contributed by atoms with van der Waals surface area (Å²) in [7, 11) is 1.74. The van der Waals surface area contributed by atoms with Crippen LogP contribution in [0.5, 0.6) is 0 Å². The molecular weight excluding hydrogens is 600 g/mol. The molecular formula is C40H48N4O4. The van der Waals surface area contributed by atoms with Crippen molar-refractivity contribution < 1.29 is 19.1 Å². The summed E-state index contributed by atoms with van der Waals surface area (Å²) in [5, 5.41) is 3.19. The van der Waals surface area contributed by atoms with Gasteiger partial charge in [0.2, 0.25) is 5.91 Å². The second kappa shape index (κ2) is 14.9. The Labute approximate surface area is 283 Å². The fourth-order valence-corrected chi connectivity index (χ4v) is 8.40. The Morgan fingerprint density at radius 2 is 1.60 bits per heavy atom. The fraction of sp³-hybridized carbons (Fsp3) is 0.475.